The van der Waals surface area contributed by atoms with Crippen LogP contribution in [0, 0.1) is 0 Å². The normalized spacial score (nSPS) is 12.0. The smallest absolute Gasteiger partial charge is 0.207 e. The number of rotatable bonds is 1. The molecule has 0 aliphatic rings. The molecule has 0 radical (unpaired) electrons. The molecular formula is C7H5Cl2F3O2S. The highest BCUT2D eigenvalue weighted by Gasteiger charge is 2.36. The van der Waals surface area contributed by atoms with E-state index in [1.807, 2.05) is 0 Å². The van der Waals surface area contributed by atoms with Gasteiger partial charge in [-0.15, -0.1) is 12.4 Å². The van der Waals surface area contributed by atoms with E-state index in [4.69, 9.17) is 10.7 Å². The third kappa shape index (κ3) is 3.55. The van der Waals surface area contributed by atoms with Gasteiger partial charge in [0.15, 0.2) is 0 Å². The van der Waals surface area contributed by atoms with Crippen LogP contribution in [0.1, 0.15) is 5.56 Å². The van der Waals surface area contributed by atoms with Gasteiger partial charge in [-0.3, -0.25) is 0 Å². The average molecular weight is 281 g/mol. The fourth-order valence-corrected chi connectivity index (χ4v) is 2.00. The number of benzene rings is 1. The van der Waals surface area contributed by atoms with Gasteiger partial charge in [0.05, 0.1) is 10.5 Å². The summed E-state index contributed by atoms with van der Waals surface area (Å²) in [6.45, 7) is 0. The summed E-state index contributed by atoms with van der Waals surface area (Å²) < 4.78 is 58.3. The van der Waals surface area contributed by atoms with Crippen molar-refractivity contribution in [2.24, 2.45) is 0 Å². The molecule has 1 aromatic rings. The predicted molar refractivity (Wildman–Crippen MR) is 51.7 cm³/mol. The Kier molecular flexibility index (Phi) is 4.45. The van der Waals surface area contributed by atoms with Gasteiger partial charge >= 0.3 is 6.18 Å². The maximum Gasteiger partial charge on any atom is 0.417 e. The maximum absolute atomic E-state index is 12.3. The van der Waals surface area contributed by atoms with Crippen molar-refractivity contribution in [2.45, 2.75) is 11.1 Å². The molecule has 0 atom stereocenters. The summed E-state index contributed by atoms with van der Waals surface area (Å²) in [6, 6.07) is 3.74. The van der Waals surface area contributed by atoms with Gasteiger partial charge in [-0.1, -0.05) is 12.1 Å². The standard InChI is InChI=1S/C7H4ClF3O2S.ClH/c8-14(12,13)6-4-2-1-3-5(6)7(9,10)11;/h1-4H;1H. The highest BCUT2D eigenvalue weighted by molar-refractivity contribution is 8.13. The first-order valence-electron chi connectivity index (χ1n) is 3.34. The molecule has 1 aromatic carbocycles. The van der Waals surface area contributed by atoms with E-state index in [1.54, 1.807) is 0 Å². The lowest BCUT2D eigenvalue weighted by molar-refractivity contribution is -0.139. The van der Waals surface area contributed by atoms with Crippen molar-refractivity contribution >= 4 is 32.1 Å². The molecule has 0 heterocycles. The van der Waals surface area contributed by atoms with Crippen LogP contribution in [0.5, 0.6) is 0 Å². The lowest BCUT2D eigenvalue weighted by Crippen LogP contribution is -2.10. The minimum Gasteiger partial charge on any atom is -0.207 e. The summed E-state index contributed by atoms with van der Waals surface area (Å²) in [5, 5.41) is 0. The second-order valence-corrected chi connectivity index (χ2v) is 4.97. The third-order valence-corrected chi connectivity index (χ3v) is 2.84. The van der Waals surface area contributed by atoms with Crippen molar-refractivity contribution in [3.63, 3.8) is 0 Å². The van der Waals surface area contributed by atoms with Gasteiger partial charge in [-0.25, -0.2) is 8.42 Å². The molecule has 0 amide bonds. The van der Waals surface area contributed by atoms with E-state index in [0.717, 1.165) is 12.1 Å². The fourth-order valence-electron chi connectivity index (χ4n) is 0.913. The molecule has 8 heteroatoms. The Balaban J connectivity index is 0.00000196. The summed E-state index contributed by atoms with van der Waals surface area (Å²) >= 11 is 0. The van der Waals surface area contributed by atoms with Crippen molar-refractivity contribution in [2.75, 3.05) is 0 Å². The van der Waals surface area contributed by atoms with Crippen LogP contribution in [-0.4, -0.2) is 8.42 Å². The van der Waals surface area contributed by atoms with Crippen LogP contribution in [0.2, 0.25) is 0 Å². The average Bonchev–Trinajstić information content (AvgIpc) is 2.01. The summed E-state index contributed by atoms with van der Waals surface area (Å²) in [6.07, 6.45) is -4.72. The lowest BCUT2D eigenvalue weighted by Gasteiger charge is -2.09. The second-order valence-electron chi connectivity index (χ2n) is 2.43. The van der Waals surface area contributed by atoms with E-state index in [-0.39, 0.29) is 12.4 Å². The van der Waals surface area contributed by atoms with Gasteiger partial charge in [0.25, 0.3) is 9.05 Å². The molecular weight excluding hydrogens is 276 g/mol. The largest absolute Gasteiger partial charge is 0.417 e. The van der Waals surface area contributed by atoms with Crippen LogP contribution in [-0.2, 0) is 15.2 Å². The zero-order valence-corrected chi connectivity index (χ0v) is 9.34. The van der Waals surface area contributed by atoms with E-state index in [2.05, 4.69) is 0 Å². The van der Waals surface area contributed by atoms with E-state index in [9.17, 15) is 21.6 Å². The number of halogens is 5. The minimum absolute atomic E-state index is 0. The molecule has 0 bridgehead atoms. The first-order valence-corrected chi connectivity index (χ1v) is 5.65. The predicted octanol–water partition coefficient (Wildman–Crippen LogP) is 3.05. The van der Waals surface area contributed by atoms with Crippen molar-refractivity contribution in [3.8, 4) is 0 Å². The van der Waals surface area contributed by atoms with Gasteiger partial charge in [-0.2, -0.15) is 13.2 Å². The monoisotopic (exact) mass is 280 g/mol. The third-order valence-electron chi connectivity index (χ3n) is 1.46. The van der Waals surface area contributed by atoms with Gasteiger partial charge < -0.3 is 0 Å². The zero-order valence-electron chi connectivity index (χ0n) is 6.95. The molecule has 0 spiro atoms. The molecule has 0 unspecified atom stereocenters. The van der Waals surface area contributed by atoms with Crippen LogP contribution in [0.3, 0.4) is 0 Å². The molecule has 0 fully saturated rings. The van der Waals surface area contributed by atoms with Crippen molar-refractivity contribution in [3.05, 3.63) is 29.8 Å². The highest BCUT2D eigenvalue weighted by atomic mass is 35.7. The molecule has 0 N–H and O–H groups in total. The molecule has 15 heavy (non-hydrogen) atoms. The number of alkyl halides is 3. The Morgan fingerprint density at radius 3 is 1.93 bits per heavy atom. The Bertz CT molecular complexity index is 442. The van der Waals surface area contributed by atoms with Gasteiger partial charge in [0, 0.05) is 10.7 Å². The molecule has 0 aliphatic carbocycles. The van der Waals surface area contributed by atoms with E-state index < -0.39 is 25.7 Å². The van der Waals surface area contributed by atoms with Gasteiger partial charge in [-0.05, 0) is 12.1 Å². The summed E-state index contributed by atoms with van der Waals surface area (Å²) in [7, 11) is 0.478. The fraction of sp³-hybridized carbons (Fsp3) is 0.143. The van der Waals surface area contributed by atoms with E-state index >= 15 is 0 Å². The summed E-state index contributed by atoms with van der Waals surface area (Å²) in [4.78, 5) is -0.922. The molecule has 2 nitrogen and oxygen atoms in total. The Hall–Kier alpha value is -0.460. The maximum atomic E-state index is 12.3. The summed E-state index contributed by atoms with van der Waals surface area (Å²) in [5.74, 6) is 0. The molecule has 0 saturated carbocycles. The van der Waals surface area contributed by atoms with E-state index in [1.165, 1.54) is 6.07 Å². The van der Waals surface area contributed by atoms with Crippen LogP contribution >= 0.6 is 23.1 Å². The topological polar surface area (TPSA) is 34.1 Å². The van der Waals surface area contributed by atoms with Crippen molar-refractivity contribution in [1.82, 2.24) is 0 Å². The van der Waals surface area contributed by atoms with Crippen LogP contribution in [0.25, 0.3) is 0 Å². The molecule has 1 rings (SSSR count). The Labute approximate surface area is 94.9 Å². The number of hydrogen-bond acceptors (Lipinski definition) is 2. The SMILES string of the molecule is Cl.O=S(=O)(Cl)c1ccccc1C(F)(F)F. The Morgan fingerprint density at radius 1 is 1.13 bits per heavy atom. The minimum atomic E-state index is -4.72. The first-order chi connectivity index (χ1) is 6.23. The molecule has 0 aromatic heterocycles. The van der Waals surface area contributed by atoms with Gasteiger partial charge in [0.2, 0.25) is 0 Å². The molecule has 0 aliphatic heterocycles. The lowest BCUT2D eigenvalue weighted by atomic mass is 10.2. The molecule has 86 valence electrons. The zero-order chi connectivity index (χ0) is 11.0. The van der Waals surface area contributed by atoms with E-state index in [0.29, 0.717) is 6.07 Å². The number of hydrogen-bond donors (Lipinski definition) is 0. The van der Waals surface area contributed by atoms with Crippen LogP contribution in [0.4, 0.5) is 13.2 Å². The van der Waals surface area contributed by atoms with Gasteiger partial charge in [0.1, 0.15) is 0 Å². The van der Waals surface area contributed by atoms with Crippen molar-refractivity contribution < 1.29 is 21.6 Å². The summed E-state index contributed by atoms with van der Waals surface area (Å²) in [5.41, 5.74) is -1.25. The quantitative estimate of drug-likeness (QED) is 0.741. The molecule has 0 saturated heterocycles. The van der Waals surface area contributed by atoms with Crippen LogP contribution in [0.15, 0.2) is 29.2 Å². The second kappa shape index (κ2) is 4.59. The van der Waals surface area contributed by atoms with Crippen LogP contribution < -0.4 is 0 Å². The first kappa shape index (κ1) is 14.5. The Morgan fingerprint density at radius 2 is 1.60 bits per heavy atom. The van der Waals surface area contributed by atoms with Crippen molar-refractivity contribution in [1.29, 1.82) is 0 Å². The highest BCUT2D eigenvalue weighted by Crippen LogP contribution is 2.34.